The van der Waals surface area contributed by atoms with Gasteiger partial charge in [-0.3, -0.25) is 4.90 Å². The fourth-order valence-corrected chi connectivity index (χ4v) is 2.86. The van der Waals surface area contributed by atoms with E-state index in [4.69, 9.17) is 0 Å². The van der Waals surface area contributed by atoms with Gasteiger partial charge in [0.2, 0.25) is 0 Å². The molecule has 15 heavy (non-hydrogen) atoms. The SMILES string of the molecule is CC(C)CSCCN1CCC(C)C(O)C1. The average molecular weight is 231 g/mol. The van der Waals surface area contributed by atoms with Gasteiger partial charge < -0.3 is 5.11 Å². The highest BCUT2D eigenvalue weighted by Crippen LogP contribution is 2.17. The number of aliphatic hydroxyl groups excluding tert-OH is 1. The Balaban J connectivity index is 2.07. The summed E-state index contributed by atoms with van der Waals surface area (Å²) in [6, 6.07) is 0. The van der Waals surface area contributed by atoms with Crippen LogP contribution in [0.25, 0.3) is 0 Å². The van der Waals surface area contributed by atoms with Crippen molar-refractivity contribution in [2.75, 3.05) is 31.1 Å². The van der Waals surface area contributed by atoms with E-state index in [9.17, 15) is 5.11 Å². The van der Waals surface area contributed by atoms with Crippen LogP contribution in [-0.2, 0) is 0 Å². The molecule has 1 rings (SSSR count). The summed E-state index contributed by atoms with van der Waals surface area (Å²) < 4.78 is 0. The van der Waals surface area contributed by atoms with Crippen molar-refractivity contribution in [1.82, 2.24) is 4.90 Å². The third-order valence-corrected chi connectivity index (χ3v) is 4.38. The molecule has 1 saturated heterocycles. The largest absolute Gasteiger partial charge is 0.392 e. The molecule has 0 bridgehead atoms. The van der Waals surface area contributed by atoms with Crippen molar-refractivity contribution >= 4 is 11.8 Å². The Hall–Kier alpha value is 0.270. The minimum Gasteiger partial charge on any atom is -0.392 e. The molecule has 90 valence electrons. The van der Waals surface area contributed by atoms with Crippen LogP contribution in [0.3, 0.4) is 0 Å². The summed E-state index contributed by atoms with van der Waals surface area (Å²) in [6.45, 7) is 9.86. The smallest absolute Gasteiger partial charge is 0.0693 e. The van der Waals surface area contributed by atoms with Crippen molar-refractivity contribution in [1.29, 1.82) is 0 Å². The maximum atomic E-state index is 9.74. The molecule has 0 spiro atoms. The summed E-state index contributed by atoms with van der Waals surface area (Å²) in [5, 5.41) is 9.74. The Morgan fingerprint density at radius 2 is 2.20 bits per heavy atom. The number of piperidine rings is 1. The van der Waals surface area contributed by atoms with E-state index in [0.717, 1.165) is 25.4 Å². The molecule has 1 fully saturated rings. The molecule has 0 amide bonds. The van der Waals surface area contributed by atoms with E-state index >= 15 is 0 Å². The molecule has 0 aromatic carbocycles. The summed E-state index contributed by atoms with van der Waals surface area (Å²) in [5.74, 6) is 3.75. The number of hydrogen-bond donors (Lipinski definition) is 1. The third-order valence-electron chi connectivity index (χ3n) is 3.01. The van der Waals surface area contributed by atoms with Crippen LogP contribution in [0.2, 0.25) is 0 Å². The van der Waals surface area contributed by atoms with Gasteiger partial charge in [0, 0.05) is 18.8 Å². The zero-order valence-corrected chi connectivity index (χ0v) is 11.1. The number of nitrogens with zero attached hydrogens (tertiary/aromatic N) is 1. The molecule has 0 aromatic rings. The average Bonchev–Trinajstić information content (AvgIpc) is 2.18. The van der Waals surface area contributed by atoms with Gasteiger partial charge >= 0.3 is 0 Å². The first-order chi connectivity index (χ1) is 7.09. The Morgan fingerprint density at radius 1 is 1.47 bits per heavy atom. The fourth-order valence-electron chi connectivity index (χ4n) is 1.83. The Labute approximate surface area is 98.4 Å². The highest BCUT2D eigenvalue weighted by molar-refractivity contribution is 7.99. The van der Waals surface area contributed by atoms with E-state index in [1.54, 1.807) is 0 Å². The van der Waals surface area contributed by atoms with E-state index in [1.807, 2.05) is 11.8 Å². The predicted octanol–water partition coefficient (Wildman–Crippen LogP) is 2.08. The maximum absolute atomic E-state index is 9.74. The number of β-amino-alcohol motifs (C(OH)–C–C–N with tert-alkyl or cyclic N) is 1. The van der Waals surface area contributed by atoms with Crippen molar-refractivity contribution < 1.29 is 5.11 Å². The molecule has 0 radical (unpaired) electrons. The van der Waals surface area contributed by atoms with Crippen LogP contribution in [0.15, 0.2) is 0 Å². The Bertz CT molecular complexity index is 175. The lowest BCUT2D eigenvalue weighted by Gasteiger charge is -2.34. The second kappa shape index (κ2) is 6.77. The lowest BCUT2D eigenvalue weighted by molar-refractivity contribution is 0.0320. The van der Waals surface area contributed by atoms with Crippen molar-refractivity contribution in [3.05, 3.63) is 0 Å². The molecule has 1 aliphatic rings. The van der Waals surface area contributed by atoms with E-state index in [2.05, 4.69) is 25.7 Å². The first kappa shape index (κ1) is 13.3. The minimum absolute atomic E-state index is 0.103. The lowest BCUT2D eigenvalue weighted by atomic mass is 9.96. The monoisotopic (exact) mass is 231 g/mol. The summed E-state index contributed by atoms with van der Waals surface area (Å²) in [6.07, 6.45) is 1.05. The van der Waals surface area contributed by atoms with Gasteiger partial charge in [0.05, 0.1) is 6.10 Å². The number of likely N-dealkylation sites (tertiary alicyclic amines) is 1. The van der Waals surface area contributed by atoms with E-state index < -0.39 is 0 Å². The standard InChI is InChI=1S/C12H25NOS/c1-10(2)9-15-7-6-13-5-4-11(3)12(14)8-13/h10-12,14H,4-9H2,1-3H3. The lowest BCUT2D eigenvalue weighted by Crippen LogP contribution is -2.43. The van der Waals surface area contributed by atoms with E-state index in [-0.39, 0.29) is 6.10 Å². The van der Waals surface area contributed by atoms with Gasteiger partial charge in [0.25, 0.3) is 0 Å². The van der Waals surface area contributed by atoms with E-state index in [1.165, 1.54) is 18.1 Å². The van der Waals surface area contributed by atoms with Gasteiger partial charge in [-0.25, -0.2) is 0 Å². The zero-order chi connectivity index (χ0) is 11.3. The van der Waals surface area contributed by atoms with Gasteiger partial charge in [0.1, 0.15) is 0 Å². The third kappa shape index (κ3) is 5.23. The molecule has 2 unspecified atom stereocenters. The van der Waals surface area contributed by atoms with Crippen LogP contribution in [0.5, 0.6) is 0 Å². The summed E-state index contributed by atoms with van der Waals surface area (Å²) in [5.41, 5.74) is 0. The Kier molecular flexibility index (Phi) is 6.02. The molecule has 0 aliphatic carbocycles. The normalized spacial score (nSPS) is 28.6. The van der Waals surface area contributed by atoms with Crippen LogP contribution in [0, 0.1) is 11.8 Å². The number of thioether (sulfide) groups is 1. The maximum Gasteiger partial charge on any atom is 0.0693 e. The van der Waals surface area contributed by atoms with Crippen molar-refractivity contribution in [3.8, 4) is 0 Å². The molecule has 2 nitrogen and oxygen atoms in total. The van der Waals surface area contributed by atoms with Crippen LogP contribution in [0.4, 0.5) is 0 Å². The van der Waals surface area contributed by atoms with Gasteiger partial charge in [-0.15, -0.1) is 0 Å². The molecule has 1 N–H and O–H groups in total. The zero-order valence-electron chi connectivity index (χ0n) is 10.3. The van der Waals surface area contributed by atoms with E-state index in [0.29, 0.717) is 5.92 Å². The van der Waals surface area contributed by atoms with Gasteiger partial charge in [-0.2, -0.15) is 11.8 Å². The minimum atomic E-state index is -0.103. The number of hydrogen-bond acceptors (Lipinski definition) is 3. The number of rotatable bonds is 5. The summed E-state index contributed by atoms with van der Waals surface area (Å²) in [7, 11) is 0. The molecule has 1 aliphatic heterocycles. The van der Waals surface area contributed by atoms with Gasteiger partial charge in [-0.1, -0.05) is 20.8 Å². The quantitative estimate of drug-likeness (QED) is 0.733. The highest BCUT2D eigenvalue weighted by Gasteiger charge is 2.23. The van der Waals surface area contributed by atoms with Crippen LogP contribution >= 0.6 is 11.8 Å². The fraction of sp³-hybridized carbons (Fsp3) is 1.00. The first-order valence-electron chi connectivity index (χ1n) is 6.07. The summed E-state index contributed by atoms with van der Waals surface area (Å²) >= 11 is 2.03. The topological polar surface area (TPSA) is 23.5 Å². The van der Waals surface area contributed by atoms with Crippen LogP contribution < -0.4 is 0 Å². The first-order valence-corrected chi connectivity index (χ1v) is 7.23. The second-order valence-corrected chi connectivity index (χ2v) is 6.25. The van der Waals surface area contributed by atoms with Crippen LogP contribution in [-0.4, -0.2) is 47.3 Å². The molecular formula is C12H25NOS. The molecule has 3 heteroatoms. The highest BCUT2D eigenvalue weighted by atomic mass is 32.2. The second-order valence-electron chi connectivity index (χ2n) is 5.10. The van der Waals surface area contributed by atoms with Gasteiger partial charge in [-0.05, 0) is 30.6 Å². The number of aliphatic hydroxyl groups is 1. The van der Waals surface area contributed by atoms with Crippen LogP contribution in [0.1, 0.15) is 27.2 Å². The molecular weight excluding hydrogens is 206 g/mol. The van der Waals surface area contributed by atoms with Gasteiger partial charge in [0.15, 0.2) is 0 Å². The predicted molar refractivity (Wildman–Crippen MR) is 68.4 cm³/mol. The summed E-state index contributed by atoms with van der Waals surface area (Å²) in [4.78, 5) is 2.40. The van der Waals surface area contributed by atoms with Crippen molar-refractivity contribution in [3.63, 3.8) is 0 Å². The molecule has 0 aromatic heterocycles. The Morgan fingerprint density at radius 3 is 2.80 bits per heavy atom. The molecule has 2 atom stereocenters. The van der Waals surface area contributed by atoms with Crippen molar-refractivity contribution in [2.24, 2.45) is 11.8 Å². The molecule has 1 heterocycles. The molecule has 0 saturated carbocycles. The van der Waals surface area contributed by atoms with Crippen molar-refractivity contribution in [2.45, 2.75) is 33.3 Å².